The fourth-order valence-electron chi connectivity index (χ4n) is 2.50. The standard InChI is InChI=1S/C15H22O3/c1-4-12-11-13(16-6-3)7-8-14(12)15(5-2)17-9-10-18-15/h7-8,11H,4-6,9-10H2,1-3H3. The lowest BCUT2D eigenvalue weighted by atomic mass is 9.95. The van der Waals surface area contributed by atoms with Gasteiger partial charge in [0.05, 0.1) is 19.8 Å². The molecular formula is C15H22O3. The van der Waals surface area contributed by atoms with Gasteiger partial charge >= 0.3 is 0 Å². The van der Waals surface area contributed by atoms with Crippen LogP contribution in [0, 0.1) is 0 Å². The minimum absolute atomic E-state index is 0.546. The van der Waals surface area contributed by atoms with E-state index in [0.717, 1.165) is 24.2 Å². The van der Waals surface area contributed by atoms with Gasteiger partial charge in [0, 0.05) is 12.0 Å². The van der Waals surface area contributed by atoms with E-state index in [2.05, 4.69) is 26.0 Å². The number of benzene rings is 1. The number of hydrogen-bond acceptors (Lipinski definition) is 3. The number of ether oxygens (including phenoxy) is 3. The highest BCUT2D eigenvalue weighted by molar-refractivity contribution is 5.38. The molecule has 1 aliphatic rings. The van der Waals surface area contributed by atoms with Crippen LogP contribution in [0.4, 0.5) is 0 Å². The van der Waals surface area contributed by atoms with Gasteiger partial charge in [-0.05, 0) is 37.1 Å². The highest BCUT2D eigenvalue weighted by Gasteiger charge is 2.38. The van der Waals surface area contributed by atoms with Crippen molar-refractivity contribution in [3.05, 3.63) is 29.3 Å². The third-order valence-corrected chi connectivity index (χ3v) is 3.40. The third kappa shape index (κ3) is 2.38. The van der Waals surface area contributed by atoms with Gasteiger partial charge < -0.3 is 14.2 Å². The smallest absolute Gasteiger partial charge is 0.194 e. The fourth-order valence-corrected chi connectivity index (χ4v) is 2.50. The first-order chi connectivity index (χ1) is 8.75. The van der Waals surface area contributed by atoms with Crippen molar-refractivity contribution in [2.45, 2.75) is 39.4 Å². The summed E-state index contributed by atoms with van der Waals surface area (Å²) >= 11 is 0. The largest absolute Gasteiger partial charge is 0.494 e. The van der Waals surface area contributed by atoms with Gasteiger partial charge in [-0.2, -0.15) is 0 Å². The molecule has 3 nitrogen and oxygen atoms in total. The van der Waals surface area contributed by atoms with Crippen LogP contribution in [0.25, 0.3) is 0 Å². The molecule has 1 aromatic rings. The lowest BCUT2D eigenvalue weighted by Crippen LogP contribution is -2.27. The third-order valence-electron chi connectivity index (χ3n) is 3.40. The SMILES string of the molecule is CCOc1ccc(C2(CC)OCCO2)c(CC)c1. The van der Waals surface area contributed by atoms with Gasteiger partial charge in [-0.15, -0.1) is 0 Å². The Kier molecular flexibility index (Phi) is 4.25. The van der Waals surface area contributed by atoms with Crippen LogP contribution in [-0.2, 0) is 21.7 Å². The molecule has 0 saturated carbocycles. The van der Waals surface area contributed by atoms with Crippen molar-refractivity contribution < 1.29 is 14.2 Å². The molecule has 0 N–H and O–H groups in total. The van der Waals surface area contributed by atoms with E-state index in [0.29, 0.717) is 19.8 Å². The molecule has 2 rings (SSSR count). The Morgan fingerprint density at radius 3 is 2.44 bits per heavy atom. The summed E-state index contributed by atoms with van der Waals surface area (Å²) in [6.45, 7) is 8.27. The highest BCUT2D eigenvalue weighted by Crippen LogP contribution is 2.38. The monoisotopic (exact) mass is 250 g/mol. The quantitative estimate of drug-likeness (QED) is 0.802. The minimum Gasteiger partial charge on any atom is -0.494 e. The summed E-state index contributed by atoms with van der Waals surface area (Å²) in [4.78, 5) is 0. The van der Waals surface area contributed by atoms with E-state index in [1.165, 1.54) is 5.56 Å². The van der Waals surface area contributed by atoms with Crippen LogP contribution in [-0.4, -0.2) is 19.8 Å². The molecule has 0 radical (unpaired) electrons. The Labute approximate surface area is 109 Å². The maximum absolute atomic E-state index is 5.86. The summed E-state index contributed by atoms with van der Waals surface area (Å²) in [5, 5.41) is 0. The molecule has 0 amide bonds. The van der Waals surface area contributed by atoms with Crippen molar-refractivity contribution in [1.29, 1.82) is 0 Å². The first kappa shape index (κ1) is 13.4. The van der Waals surface area contributed by atoms with Gasteiger partial charge in [0.2, 0.25) is 0 Å². The van der Waals surface area contributed by atoms with E-state index in [9.17, 15) is 0 Å². The first-order valence-corrected chi connectivity index (χ1v) is 6.79. The maximum Gasteiger partial charge on any atom is 0.194 e. The van der Waals surface area contributed by atoms with Gasteiger partial charge in [-0.3, -0.25) is 0 Å². The molecule has 1 aromatic carbocycles. The summed E-state index contributed by atoms with van der Waals surface area (Å²) in [5.74, 6) is 0.373. The molecule has 0 unspecified atom stereocenters. The average molecular weight is 250 g/mol. The molecule has 0 aliphatic carbocycles. The van der Waals surface area contributed by atoms with E-state index < -0.39 is 5.79 Å². The topological polar surface area (TPSA) is 27.7 Å². The Morgan fingerprint density at radius 1 is 1.17 bits per heavy atom. The van der Waals surface area contributed by atoms with Crippen LogP contribution in [0.1, 0.15) is 38.3 Å². The van der Waals surface area contributed by atoms with E-state index in [1.54, 1.807) is 0 Å². The van der Waals surface area contributed by atoms with Crippen LogP contribution >= 0.6 is 0 Å². The van der Waals surface area contributed by atoms with Crippen molar-refractivity contribution in [2.75, 3.05) is 19.8 Å². The van der Waals surface area contributed by atoms with Crippen LogP contribution in [0.2, 0.25) is 0 Å². The van der Waals surface area contributed by atoms with Crippen molar-refractivity contribution in [2.24, 2.45) is 0 Å². The second-order valence-corrected chi connectivity index (χ2v) is 4.41. The van der Waals surface area contributed by atoms with E-state index in [-0.39, 0.29) is 0 Å². The van der Waals surface area contributed by atoms with Crippen molar-refractivity contribution in [3.63, 3.8) is 0 Å². The van der Waals surface area contributed by atoms with E-state index >= 15 is 0 Å². The number of rotatable bonds is 5. The second kappa shape index (κ2) is 5.72. The molecule has 1 aliphatic heterocycles. The molecule has 0 atom stereocenters. The van der Waals surface area contributed by atoms with Crippen LogP contribution < -0.4 is 4.74 Å². The first-order valence-electron chi connectivity index (χ1n) is 6.79. The zero-order valence-corrected chi connectivity index (χ0v) is 11.5. The maximum atomic E-state index is 5.86. The van der Waals surface area contributed by atoms with Crippen molar-refractivity contribution >= 4 is 0 Å². The zero-order chi connectivity index (χ0) is 13.0. The van der Waals surface area contributed by atoms with Crippen LogP contribution in [0.5, 0.6) is 5.75 Å². The Bertz CT molecular complexity index is 395. The molecule has 0 spiro atoms. The highest BCUT2D eigenvalue weighted by atomic mass is 16.7. The van der Waals surface area contributed by atoms with Gasteiger partial charge in [-0.1, -0.05) is 13.8 Å². The molecule has 1 fully saturated rings. The fraction of sp³-hybridized carbons (Fsp3) is 0.600. The molecule has 0 aromatic heterocycles. The number of hydrogen-bond donors (Lipinski definition) is 0. The molecule has 100 valence electrons. The molecule has 18 heavy (non-hydrogen) atoms. The average Bonchev–Trinajstić information content (AvgIpc) is 2.89. The lowest BCUT2D eigenvalue weighted by molar-refractivity contribution is -0.168. The Balaban J connectivity index is 2.37. The van der Waals surface area contributed by atoms with Gasteiger partial charge in [0.15, 0.2) is 5.79 Å². The zero-order valence-electron chi connectivity index (χ0n) is 11.5. The van der Waals surface area contributed by atoms with Crippen molar-refractivity contribution in [1.82, 2.24) is 0 Å². The van der Waals surface area contributed by atoms with Gasteiger partial charge in [-0.25, -0.2) is 0 Å². The summed E-state index contributed by atoms with van der Waals surface area (Å²) in [6, 6.07) is 6.18. The van der Waals surface area contributed by atoms with Crippen molar-refractivity contribution in [3.8, 4) is 5.75 Å². The Hall–Kier alpha value is -1.06. The van der Waals surface area contributed by atoms with E-state index in [1.807, 2.05) is 13.0 Å². The normalized spacial score (nSPS) is 17.9. The van der Waals surface area contributed by atoms with E-state index in [4.69, 9.17) is 14.2 Å². The lowest BCUT2D eigenvalue weighted by Gasteiger charge is -2.28. The summed E-state index contributed by atoms with van der Waals surface area (Å²) in [7, 11) is 0. The second-order valence-electron chi connectivity index (χ2n) is 4.41. The Morgan fingerprint density at radius 2 is 1.89 bits per heavy atom. The minimum atomic E-state index is -0.546. The van der Waals surface area contributed by atoms with Gasteiger partial charge in [0.1, 0.15) is 5.75 Å². The van der Waals surface area contributed by atoms with Gasteiger partial charge in [0.25, 0.3) is 0 Å². The molecule has 0 bridgehead atoms. The molecule has 3 heteroatoms. The number of aryl methyl sites for hydroxylation is 1. The molecule has 1 heterocycles. The predicted molar refractivity (Wildman–Crippen MR) is 70.9 cm³/mol. The molecule has 1 saturated heterocycles. The molecular weight excluding hydrogens is 228 g/mol. The van der Waals surface area contributed by atoms with Crippen LogP contribution in [0.3, 0.4) is 0 Å². The predicted octanol–water partition coefficient (Wildman–Crippen LogP) is 3.26. The summed E-state index contributed by atoms with van der Waals surface area (Å²) in [5.41, 5.74) is 2.39. The summed E-state index contributed by atoms with van der Waals surface area (Å²) < 4.78 is 17.3. The van der Waals surface area contributed by atoms with Crippen LogP contribution in [0.15, 0.2) is 18.2 Å². The summed E-state index contributed by atoms with van der Waals surface area (Å²) in [6.07, 6.45) is 1.78.